The standard InChI is InChI=1S/C17H26BrFN2/c1-4-12(3)17-11-21(15(5-2)9-20-17)10-13-8-14(18)6-7-16(13)19/h6-8,12,15,17,20H,4-5,9-11H2,1-3H3. The summed E-state index contributed by atoms with van der Waals surface area (Å²) in [5.74, 6) is 0.546. The molecular formula is C17H26BrFN2. The number of halogens is 2. The van der Waals surface area contributed by atoms with Crippen molar-refractivity contribution in [2.24, 2.45) is 5.92 Å². The Bertz CT molecular complexity index is 466. The predicted molar refractivity (Wildman–Crippen MR) is 89.8 cm³/mol. The van der Waals surface area contributed by atoms with E-state index in [1.54, 1.807) is 12.1 Å². The quantitative estimate of drug-likeness (QED) is 0.850. The van der Waals surface area contributed by atoms with Gasteiger partial charge in [0.05, 0.1) is 0 Å². The van der Waals surface area contributed by atoms with Crippen molar-refractivity contribution in [1.82, 2.24) is 10.2 Å². The third kappa shape index (κ3) is 4.27. The molecule has 118 valence electrons. The molecule has 0 bridgehead atoms. The molecule has 1 saturated heterocycles. The normalized spacial score (nSPS) is 25.0. The molecule has 1 fully saturated rings. The molecule has 0 spiro atoms. The maximum atomic E-state index is 14.0. The average molecular weight is 357 g/mol. The number of nitrogens with zero attached hydrogens (tertiary/aromatic N) is 1. The van der Waals surface area contributed by atoms with Crippen LogP contribution in [0.15, 0.2) is 22.7 Å². The molecule has 4 heteroatoms. The van der Waals surface area contributed by atoms with Crippen molar-refractivity contribution in [2.45, 2.75) is 52.2 Å². The fraction of sp³-hybridized carbons (Fsp3) is 0.647. The fourth-order valence-corrected chi connectivity index (χ4v) is 3.44. The first-order valence-electron chi connectivity index (χ1n) is 7.96. The second-order valence-corrected chi connectivity index (χ2v) is 7.04. The number of piperazine rings is 1. The topological polar surface area (TPSA) is 15.3 Å². The molecule has 1 aliphatic heterocycles. The summed E-state index contributed by atoms with van der Waals surface area (Å²) in [4.78, 5) is 2.44. The minimum Gasteiger partial charge on any atom is -0.311 e. The van der Waals surface area contributed by atoms with Gasteiger partial charge in [-0.05, 0) is 30.5 Å². The maximum Gasteiger partial charge on any atom is 0.127 e. The van der Waals surface area contributed by atoms with Gasteiger partial charge in [0.15, 0.2) is 0 Å². The number of hydrogen-bond donors (Lipinski definition) is 1. The van der Waals surface area contributed by atoms with Gasteiger partial charge in [0.2, 0.25) is 0 Å². The lowest BCUT2D eigenvalue weighted by atomic mass is 9.94. The minimum atomic E-state index is -0.105. The van der Waals surface area contributed by atoms with Gasteiger partial charge in [0.25, 0.3) is 0 Å². The fourth-order valence-electron chi connectivity index (χ4n) is 3.03. The Hall–Kier alpha value is -0.450. The van der Waals surface area contributed by atoms with Crippen LogP contribution in [0.3, 0.4) is 0 Å². The summed E-state index contributed by atoms with van der Waals surface area (Å²) in [5.41, 5.74) is 0.785. The summed E-state index contributed by atoms with van der Waals surface area (Å²) in [6.45, 7) is 9.43. The Kier molecular flexibility index (Phi) is 6.20. The first-order chi connectivity index (χ1) is 10.0. The van der Waals surface area contributed by atoms with Crippen molar-refractivity contribution in [3.63, 3.8) is 0 Å². The lowest BCUT2D eigenvalue weighted by Crippen LogP contribution is -2.57. The molecule has 1 N–H and O–H groups in total. The van der Waals surface area contributed by atoms with E-state index in [9.17, 15) is 4.39 Å². The Morgan fingerprint density at radius 2 is 2.19 bits per heavy atom. The van der Waals surface area contributed by atoms with Crippen molar-refractivity contribution in [1.29, 1.82) is 0 Å². The molecule has 2 rings (SSSR count). The maximum absolute atomic E-state index is 14.0. The van der Waals surface area contributed by atoms with E-state index in [1.165, 1.54) is 6.42 Å². The SMILES string of the molecule is CCC(C)C1CN(Cc2cc(Br)ccc2F)C(CC)CN1. The number of benzene rings is 1. The molecule has 3 unspecified atom stereocenters. The number of hydrogen-bond acceptors (Lipinski definition) is 2. The van der Waals surface area contributed by atoms with Gasteiger partial charge < -0.3 is 5.32 Å². The van der Waals surface area contributed by atoms with Crippen LogP contribution in [0.2, 0.25) is 0 Å². The Morgan fingerprint density at radius 1 is 1.43 bits per heavy atom. The zero-order valence-electron chi connectivity index (χ0n) is 13.2. The number of nitrogens with one attached hydrogen (secondary N) is 1. The summed E-state index contributed by atoms with van der Waals surface area (Å²) in [6.07, 6.45) is 2.27. The lowest BCUT2D eigenvalue weighted by molar-refractivity contribution is 0.0982. The Labute approximate surface area is 136 Å². The monoisotopic (exact) mass is 356 g/mol. The number of rotatable bonds is 5. The third-order valence-corrected chi connectivity index (χ3v) is 5.24. The van der Waals surface area contributed by atoms with Crippen LogP contribution < -0.4 is 5.32 Å². The van der Waals surface area contributed by atoms with Crippen LogP contribution in [0.25, 0.3) is 0 Å². The highest BCUT2D eigenvalue weighted by atomic mass is 79.9. The first kappa shape index (κ1) is 16.9. The van der Waals surface area contributed by atoms with Crippen LogP contribution in [0.1, 0.15) is 39.2 Å². The second kappa shape index (κ2) is 7.70. The summed E-state index contributed by atoms with van der Waals surface area (Å²) in [6, 6.07) is 6.21. The molecule has 0 aromatic heterocycles. The molecule has 0 aliphatic carbocycles. The molecule has 3 atom stereocenters. The molecule has 0 saturated carbocycles. The van der Waals surface area contributed by atoms with Crippen LogP contribution in [0.5, 0.6) is 0 Å². The summed E-state index contributed by atoms with van der Waals surface area (Å²) < 4.78 is 15.0. The molecule has 1 heterocycles. The molecule has 0 radical (unpaired) electrons. The van der Waals surface area contributed by atoms with Crippen LogP contribution in [-0.4, -0.2) is 30.1 Å². The van der Waals surface area contributed by atoms with E-state index in [0.717, 1.165) is 29.5 Å². The van der Waals surface area contributed by atoms with Crippen molar-refractivity contribution in [3.05, 3.63) is 34.1 Å². The van der Waals surface area contributed by atoms with Crippen molar-refractivity contribution < 1.29 is 4.39 Å². The van der Waals surface area contributed by atoms with Gasteiger partial charge >= 0.3 is 0 Å². The van der Waals surface area contributed by atoms with Gasteiger partial charge in [0, 0.05) is 41.8 Å². The molecular weight excluding hydrogens is 331 g/mol. The van der Waals surface area contributed by atoms with E-state index in [2.05, 4.69) is 46.9 Å². The highest BCUT2D eigenvalue weighted by molar-refractivity contribution is 9.10. The smallest absolute Gasteiger partial charge is 0.127 e. The molecule has 1 aromatic rings. The zero-order valence-corrected chi connectivity index (χ0v) is 14.8. The van der Waals surface area contributed by atoms with E-state index in [0.29, 0.717) is 24.5 Å². The van der Waals surface area contributed by atoms with E-state index in [1.807, 2.05) is 6.07 Å². The van der Waals surface area contributed by atoms with Gasteiger partial charge in [-0.25, -0.2) is 4.39 Å². The van der Waals surface area contributed by atoms with Crippen LogP contribution in [0.4, 0.5) is 4.39 Å². The summed E-state index contributed by atoms with van der Waals surface area (Å²) in [5, 5.41) is 3.67. The highest BCUT2D eigenvalue weighted by Crippen LogP contribution is 2.22. The molecule has 1 aromatic carbocycles. The van der Waals surface area contributed by atoms with Gasteiger partial charge in [-0.3, -0.25) is 4.90 Å². The largest absolute Gasteiger partial charge is 0.311 e. The third-order valence-electron chi connectivity index (χ3n) is 4.75. The molecule has 21 heavy (non-hydrogen) atoms. The average Bonchev–Trinajstić information content (AvgIpc) is 2.50. The Morgan fingerprint density at radius 3 is 2.86 bits per heavy atom. The molecule has 0 amide bonds. The van der Waals surface area contributed by atoms with Gasteiger partial charge in [-0.1, -0.05) is 43.1 Å². The van der Waals surface area contributed by atoms with E-state index < -0.39 is 0 Å². The predicted octanol–water partition coefficient (Wildman–Crippen LogP) is 4.19. The van der Waals surface area contributed by atoms with Crippen LogP contribution in [0, 0.1) is 11.7 Å². The van der Waals surface area contributed by atoms with Crippen molar-refractivity contribution >= 4 is 15.9 Å². The van der Waals surface area contributed by atoms with Gasteiger partial charge in [-0.15, -0.1) is 0 Å². The van der Waals surface area contributed by atoms with Crippen LogP contribution in [-0.2, 0) is 6.54 Å². The van der Waals surface area contributed by atoms with E-state index in [4.69, 9.17) is 0 Å². The van der Waals surface area contributed by atoms with Crippen molar-refractivity contribution in [3.8, 4) is 0 Å². The van der Waals surface area contributed by atoms with Gasteiger partial charge in [-0.2, -0.15) is 0 Å². The lowest BCUT2D eigenvalue weighted by Gasteiger charge is -2.42. The second-order valence-electron chi connectivity index (χ2n) is 6.13. The minimum absolute atomic E-state index is 0.105. The zero-order chi connectivity index (χ0) is 15.4. The van der Waals surface area contributed by atoms with Crippen molar-refractivity contribution in [2.75, 3.05) is 13.1 Å². The highest BCUT2D eigenvalue weighted by Gasteiger charge is 2.29. The van der Waals surface area contributed by atoms with Crippen LogP contribution >= 0.6 is 15.9 Å². The first-order valence-corrected chi connectivity index (χ1v) is 8.75. The molecule has 2 nitrogen and oxygen atoms in total. The van der Waals surface area contributed by atoms with E-state index >= 15 is 0 Å². The van der Waals surface area contributed by atoms with E-state index in [-0.39, 0.29) is 5.82 Å². The molecule has 1 aliphatic rings. The Balaban J connectivity index is 2.12. The summed E-state index contributed by atoms with van der Waals surface area (Å²) >= 11 is 3.44. The summed E-state index contributed by atoms with van der Waals surface area (Å²) in [7, 11) is 0. The van der Waals surface area contributed by atoms with Gasteiger partial charge in [0.1, 0.15) is 5.82 Å².